The van der Waals surface area contributed by atoms with E-state index in [2.05, 4.69) is 17.2 Å². The lowest BCUT2D eigenvalue weighted by Gasteiger charge is -2.15. The van der Waals surface area contributed by atoms with Gasteiger partial charge in [-0.1, -0.05) is 13.3 Å². The van der Waals surface area contributed by atoms with Gasteiger partial charge in [-0.25, -0.2) is 8.42 Å². The molecule has 2 rings (SSSR count). The van der Waals surface area contributed by atoms with Gasteiger partial charge in [0.2, 0.25) is 10.0 Å². The highest BCUT2D eigenvalue weighted by Gasteiger charge is 2.32. The zero-order chi connectivity index (χ0) is 13.2. The average molecular weight is 271 g/mol. The highest BCUT2D eigenvalue weighted by Crippen LogP contribution is 2.26. The molecule has 18 heavy (non-hydrogen) atoms. The minimum absolute atomic E-state index is 0.379. The SMILES string of the molecule is CCC1CCN(S(=O)(=O)c2c[nH]c(CNC)c2)C1. The minimum Gasteiger partial charge on any atom is -0.363 e. The number of hydrogen-bond acceptors (Lipinski definition) is 3. The lowest BCUT2D eigenvalue weighted by atomic mass is 10.1. The van der Waals surface area contributed by atoms with Crippen molar-refractivity contribution in [1.82, 2.24) is 14.6 Å². The van der Waals surface area contributed by atoms with Gasteiger partial charge in [0.05, 0.1) is 4.90 Å². The van der Waals surface area contributed by atoms with Crippen molar-refractivity contribution in [2.45, 2.75) is 31.2 Å². The van der Waals surface area contributed by atoms with Gasteiger partial charge in [0, 0.05) is 31.5 Å². The summed E-state index contributed by atoms with van der Waals surface area (Å²) < 4.78 is 26.4. The Bertz CT molecular complexity index is 495. The number of H-pyrrole nitrogens is 1. The number of aromatic nitrogens is 1. The first kappa shape index (κ1) is 13.6. The lowest BCUT2D eigenvalue weighted by Crippen LogP contribution is -2.28. The van der Waals surface area contributed by atoms with E-state index in [0.717, 1.165) is 18.5 Å². The smallest absolute Gasteiger partial charge is 0.244 e. The molecule has 1 aliphatic rings. The first-order valence-electron chi connectivity index (χ1n) is 6.40. The van der Waals surface area contributed by atoms with Crippen LogP contribution in [0.2, 0.25) is 0 Å². The molecule has 0 bridgehead atoms. The number of nitrogens with zero attached hydrogens (tertiary/aromatic N) is 1. The molecule has 0 saturated carbocycles. The molecule has 102 valence electrons. The zero-order valence-electron chi connectivity index (χ0n) is 10.9. The van der Waals surface area contributed by atoms with Crippen molar-refractivity contribution in [3.05, 3.63) is 18.0 Å². The summed E-state index contributed by atoms with van der Waals surface area (Å²) in [6, 6.07) is 1.71. The Labute approximate surface area is 109 Å². The normalized spacial score (nSPS) is 21.6. The standard InChI is InChI=1S/C12H21N3O2S/c1-3-10-4-5-15(9-10)18(16,17)12-6-11(7-13-2)14-8-12/h6,8,10,13-14H,3-5,7,9H2,1-2H3. The van der Waals surface area contributed by atoms with E-state index >= 15 is 0 Å². The van der Waals surface area contributed by atoms with Gasteiger partial charge in [0.1, 0.15) is 0 Å². The molecule has 0 aliphatic carbocycles. The molecule has 5 nitrogen and oxygen atoms in total. The van der Waals surface area contributed by atoms with Crippen LogP contribution in [0, 0.1) is 5.92 Å². The molecule has 2 N–H and O–H groups in total. The van der Waals surface area contributed by atoms with Crippen LogP contribution in [-0.4, -0.2) is 37.8 Å². The van der Waals surface area contributed by atoms with Crippen LogP contribution in [0.15, 0.2) is 17.2 Å². The quantitative estimate of drug-likeness (QED) is 0.844. The second kappa shape index (κ2) is 5.42. The molecule has 2 heterocycles. The Morgan fingerprint density at radius 1 is 1.56 bits per heavy atom. The van der Waals surface area contributed by atoms with Gasteiger partial charge in [-0.2, -0.15) is 4.31 Å². The molecule has 1 atom stereocenters. The van der Waals surface area contributed by atoms with Crippen LogP contribution in [0.3, 0.4) is 0 Å². The fourth-order valence-corrected chi connectivity index (χ4v) is 3.91. The molecule has 0 aromatic carbocycles. The van der Waals surface area contributed by atoms with Crippen molar-refractivity contribution >= 4 is 10.0 Å². The molecule has 1 saturated heterocycles. The number of nitrogens with one attached hydrogen (secondary N) is 2. The van der Waals surface area contributed by atoms with Crippen molar-refractivity contribution in [2.24, 2.45) is 5.92 Å². The summed E-state index contributed by atoms with van der Waals surface area (Å²) in [6.07, 6.45) is 3.61. The third-order valence-electron chi connectivity index (χ3n) is 3.55. The van der Waals surface area contributed by atoms with Crippen molar-refractivity contribution < 1.29 is 8.42 Å². The van der Waals surface area contributed by atoms with Crippen LogP contribution in [-0.2, 0) is 16.6 Å². The van der Waals surface area contributed by atoms with Crippen LogP contribution < -0.4 is 5.32 Å². The number of aromatic amines is 1. The second-order valence-corrected chi connectivity index (χ2v) is 6.75. The first-order valence-corrected chi connectivity index (χ1v) is 7.84. The monoisotopic (exact) mass is 271 g/mol. The van der Waals surface area contributed by atoms with E-state index in [-0.39, 0.29) is 0 Å². The Kier molecular flexibility index (Phi) is 4.09. The maximum Gasteiger partial charge on any atom is 0.244 e. The Hall–Kier alpha value is -0.850. The molecule has 6 heteroatoms. The summed E-state index contributed by atoms with van der Waals surface area (Å²) in [5, 5.41) is 2.99. The highest BCUT2D eigenvalue weighted by molar-refractivity contribution is 7.89. The van der Waals surface area contributed by atoms with E-state index in [1.807, 2.05) is 7.05 Å². The molecule has 1 aliphatic heterocycles. The molecule has 0 radical (unpaired) electrons. The van der Waals surface area contributed by atoms with Gasteiger partial charge in [-0.05, 0) is 25.5 Å². The van der Waals surface area contributed by atoms with Crippen molar-refractivity contribution in [1.29, 1.82) is 0 Å². The van der Waals surface area contributed by atoms with Gasteiger partial charge >= 0.3 is 0 Å². The summed E-state index contributed by atoms with van der Waals surface area (Å²) >= 11 is 0. The second-order valence-electron chi connectivity index (χ2n) is 4.82. The Morgan fingerprint density at radius 3 is 2.94 bits per heavy atom. The fourth-order valence-electron chi connectivity index (χ4n) is 2.36. The molecule has 1 unspecified atom stereocenters. The number of hydrogen-bond donors (Lipinski definition) is 2. The summed E-state index contributed by atoms with van der Waals surface area (Å²) in [5.74, 6) is 0.510. The molecule has 1 aromatic heterocycles. The van der Waals surface area contributed by atoms with Crippen molar-refractivity contribution in [3.63, 3.8) is 0 Å². The average Bonchev–Trinajstić information content (AvgIpc) is 2.98. The number of rotatable bonds is 5. The van der Waals surface area contributed by atoms with Gasteiger partial charge in [-0.3, -0.25) is 0 Å². The minimum atomic E-state index is -3.30. The summed E-state index contributed by atoms with van der Waals surface area (Å²) in [4.78, 5) is 3.37. The van der Waals surface area contributed by atoms with E-state index in [0.29, 0.717) is 30.4 Å². The van der Waals surface area contributed by atoms with Crippen LogP contribution in [0.5, 0.6) is 0 Å². The predicted octanol–water partition coefficient (Wildman–Crippen LogP) is 1.15. The first-order chi connectivity index (χ1) is 8.57. The largest absolute Gasteiger partial charge is 0.363 e. The molecular formula is C12H21N3O2S. The van der Waals surface area contributed by atoms with Crippen LogP contribution in [0.4, 0.5) is 0 Å². The van der Waals surface area contributed by atoms with E-state index in [1.54, 1.807) is 16.6 Å². The molecule has 0 spiro atoms. The third-order valence-corrected chi connectivity index (χ3v) is 5.39. The third kappa shape index (κ3) is 2.60. The van der Waals surface area contributed by atoms with Gasteiger partial charge in [0.25, 0.3) is 0 Å². The molecule has 1 fully saturated rings. The maximum atomic E-state index is 12.4. The van der Waals surface area contributed by atoms with Gasteiger partial charge in [0.15, 0.2) is 0 Å². The van der Waals surface area contributed by atoms with Gasteiger partial charge in [-0.15, -0.1) is 0 Å². The lowest BCUT2D eigenvalue weighted by molar-refractivity contribution is 0.453. The zero-order valence-corrected chi connectivity index (χ0v) is 11.8. The van der Waals surface area contributed by atoms with Crippen LogP contribution >= 0.6 is 0 Å². The number of sulfonamides is 1. The maximum absolute atomic E-state index is 12.4. The van der Waals surface area contributed by atoms with Crippen molar-refractivity contribution in [3.8, 4) is 0 Å². The van der Waals surface area contributed by atoms with Crippen LogP contribution in [0.25, 0.3) is 0 Å². The summed E-state index contributed by atoms with van der Waals surface area (Å²) in [7, 11) is -1.47. The van der Waals surface area contributed by atoms with Crippen molar-refractivity contribution in [2.75, 3.05) is 20.1 Å². The van der Waals surface area contributed by atoms with E-state index in [4.69, 9.17) is 0 Å². The Balaban J connectivity index is 2.15. The molecule has 1 aromatic rings. The van der Waals surface area contributed by atoms with E-state index < -0.39 is 10.0 Å². The molecule has 0 amide bonds. The summed E-state index contributed by atoms with van der Waals surface area (Å²) in [5.41, 5.74) is 0.891. The topological polar surface area (TPSA) is 65.2 Å². The Morgan fingerprint density at radius 2 is 2.33 bits per heavy atom. The highest BCUT2D eigenvalue weighted by atomic mass is 32.2. The van der Waals surface area contributed by atoms with E-state index in [1.165, 1.54) is 0 Å². The van der Waals surface area contributed by atoms with E-state index in [9.17, 15) is 8.42 Å². The summed E-state index contributed by atoms with van der Waals surface area (Å²) in [6.45, 7) is 4.06. The molecular weight excluding hydrogens is 250 g/mol. The van der Waals surface area contributed by atoms with Gasteiger partial charge < -0.3 is 10.3 Å². The van der Waals surface area contributed by atoms with Crippen LogP contribution in [0.1, 0.15) is 25.5 Å². The predicted molar refractivity (Wildman–Crippen MR) is 70.7 cm³/mol. The fraction of sp³-hybridized carbons (Fsp3) is 0.667.